The molecule has 1 aliphatic rings. The van der Waals surface area contributed by atoms with Gasteiger partial charge in [-0.2, -0.15) is 0 Å². The normalized spacial score (nSPS) is 14.5. The smallest absolute Gasteiger partial charge is 0.0817 e. The molecule has 264 valence electrons. The van der Waals surface area contributed by atoms with Crippen LogP contribution in [0, 0.1) is 0 Å². The summed E-state index contributed by atoms with van der Waals surface area (Å²) in [5.74, 6) is 0. The van der Waals surface area contributed by atoms with Crippen LogP contribution in [-0.4, -0.2) is 0 Å². The van der Waals surface area contributed by atoms with Crippen molar-refractivity contribution < 1.29 is 0 Å². The zero-order valence-corrected chi connectivity index (χ0v) is 31.1. The number of hydrogen-bond acceptors (Lipinski definition) is 2. The van der Waals surface area contributed by atoms with Crippen LogP contribution in [0.4, 0.5) is 0 Å². The van der Waals surface area contributed by atoms with E-state index in [-0.39, 0.29) is 17.6 Å². The lowest BCUT2D eigenvalue weighted by molar-refractivity contribution is 0.509. The molecule has 2 heteroatoms. The first-order valence-corrected chi connectivity index (χ1v) is 19.3. The molecule has 0 saturated carbocycles. The van der Waals surface area contributed by atoms with E-state index in [2.05, 4.69) is 189 Å². The highest BCUT2D eigenvalue weighted by Crippen LogP contribution is 2.53. The SMILES string of the molecule is CC1(C)c2cc3ccccc3cc2-c2c(-c3ccc(/C=C/C(NC(N)c4ccccc4)c4ccc5c(ccc6c7ccccc7ccc56)c4)cc3)cccc21. The Morgan fingerprint density at radius 3 is 1.93 bits per heavy atom. The zero-order valence-electron chi connectivity index (χ0n) is 31.1. The first-order valence-electron chi connectivity index (χ1n) is 19.3. The fraction of sp³-hybridized carbons (Fsp3) is 0.0943. The molecule has 55 heavy (non-hydrogen) atoms. The summed E-state index contributed by atoms with van der Waals surface area (Å²) in [6.45, 7) is 4.72. The van der Waals surface area contributed by atoms with Crippen LogP contribution in [0.15, 0.2) is 182 Å². The first-order chi connectivity index (χ1) is 26.9. The second-order valence-electron chi connectivity index (χ2n) is 15.5. The molecule has 0 aliphatic heterocycles. The molecule has 9 aromatic rings. The van der Waals surface area contributed by atoms with E-state index in [0.717, 1.165) is 11.1 Å². The van der Waals surface area contributed by atoms with E-state index < -0.39 is 0 Å². The largest absolute Gasteiger partial charge is 0.312 e. The van der Waals surface area contributed by atoms with Crippen molar-refractivity contribution in [3.8, 4) is 22.3 Å². The molecular weight excluding hydrogens is 665 g/mol. The third kappa shape index (κ3) is 5.74. The van der Waals surface area contributed by atoms with Crippen LogP contribution in [0.3, 0.4) is 0 Å². The minimum absolute atomic E-state index is 0.0692. The Bertz CT molecular complexity index is 2940. The number of hydrogen-bond donors (Lipinski definition) is 2. The van der Waals surface area contributed by atoms with Crippen LogP contribution in [-0.2, 0) is 5.41 Å². The average Bonchev–Trinajstić information content (AvgIpc) is 3.46. The highest BCUT2D eigenvalue weighted by atomic mass is 15.0. The maximum absolute atomic E-state index is 6.81. The first kappa shape index (κ1) is 33.3. The van der Waals surface area contributed by atoms with Crippen molar-refractivity contribution in [2.45, 2.75) is 31.5 Å². The molecule has 0 amide bonds. The molecule has 0 radical (unpaired) electrons. The molecule has 0 heterocycles. The van der Waals surface area contributed by atoms with Crippen molar-refractivity contribution in [1.82, 2.24) is 5.32 Å². The van der Waals surface area contributed by atoms with E-state index in [1.807, 2.05) is 18.2 Å². The molecule has 2 unspecified atom stereocenters. The van der Waals surface area contributed by atoms with E-state index in [9.17, 15) is 0 Å². The van der Waals surface area contributed by atoms with Crippen molar-refractivity contribution in [1.29, 1.82) is 0 Å². The van der Waals surface area contributed by atoms with Crippen LogP contribution in [0.5, 0.6) is 0 Å². The fourth-order valence-corrected chi connectivity index (χ4v) is 8.95. The van der Waals surface area contributed by atoms with Gasteiger partial charge in [0.05, 0.1) is 12.2 Å². The van der Waals surface area contributed by atoms with Gasteiger partial charge in [-0.05, 0) is 111 Å². The van der Waals surface area contributed by atoms with Crippen LogP contribution >= 0.6 is 0 Å². The van der Waals surface area contributed by atoms with Gasteiger partial charge in [0.15, 0.2) is 0 Å². The van der Waals surface area contributed by atoms with Gasteiger partial charge in [-0.25, -0.2) is 0 Å². The minimum Gasteiger partial charge on any atom is -0.312 e. The van der Waals surface area contributed by atoms with Gasteiger partial charge in [0, 0.05) is 5.41 Å². The molecule has 0 fully saturated rings. The van der Waals surface area contributed by atoms with E-state index in [1.165, 1.54) is 82.0 Å². The predicted molar refractivity (Wildman–Crippen MR) is 234 cm³/mol. The van der Waals surface area contributed by atoms with Crippen LogP contribution in [0.2, 0.25) is 0 Å². The Labute approximate surface area is 322 Å². The van der Waals surface area contributed by atoms with E-state index in [4.69, 9.17) is 5.73 Å². The number of nitrogens with two attached hydrogens (primary N) is 1. The van der Waals surface area contributed by atoms with E-state index in [1.54, 1.807) is 0 Å². The minimum atomic E-state index is -0.332. The molecule has 3 N–H and O–H groups in total. The average molecular weight is 707 g/mol. The Morgan fingerprint density at radius 1 is 0.491 bits per heavy atom. The van der Waals surface area contributed by atoms with Gasteiger partial charge < -0.3 is 5.73 Å². The number of nitrogens with one attached hydrogen (secondary N) is 1. The fourth-order valence-electron chi connectivity index (χ4n) is 8.95. The van der Waals surface area contributed by atoms with Crippen molar-refractivity contribution in [2.75, 3.05) is 0 Å². The molecule has 0 bridgehead atoms. The van der Waals surface area contributed by atoms with Crippen molar-refractivity contribution in [2.24, 2.45) is 5.73 Å². The quantitative estimate of drug-likeness (QED) is 0.128. The maximum Gasteiger partial charge on any atom is 0.0817 e. The lowest BCUT2D eigenvalue weighted by Crippen LogP contribution is -2.31. The molecule has 10 rings (SSSR count). The molecule has 0 aromatic heterocycles. The molecule has 1 aliphatic carbocycles. The monoisotopic (exact) mass is 706 g/mol. The van der Waals surface area contributed by atoms with Crippen molar-refractivity contribution >= 4 is 49.2 Å². The molecule has 2 nitrogen and oxygen atoms in total. The van der Waals surface area contributed by atoms with Gasteiger partial charge in [0.1, 0.15) is 0 Å². The van der Waals surface area contributed by atoms with E-state index in [0.29, 0.717) is 0 Å². The highest BCUT2D eigenvalue weighted by molar-refractivity contribution is 6.17. The summed E-state index contributed by atoms with van der Waals surface area (Å²) in [6.07, 6.45) is 4.13. The summed E-state index contributed by atoms with van der Waals surface area (Å²) in [5.41, 5.74) is 18.1. The Balaban J connectivity index is 0.999. The number of benzene rings is 9. The lowest BCUT2D eigenvalue weighted by atomic mass is 9.81. The van der Waals surface area contributed by atoms with Gasteiger partial charge in [0.25, 0.3) is 0 Å². The lowest BCUT2D eigenvalue weighted by Gasteiger charge is -2.22. The number of rotatable bonds is 7. The zero-order chi connectivity index (χ0) is 37.1. The van der Waals surface area contributed by atoms with E-state index >= 15 is 0 Å². The molecular formula is C53H42N2. The maximum atomic E-state index is 6.81. The van der Waals surface area contributed by atoms with Gasteiger partial charge >= 0.3 is 0 Å². The predicted octanol–water partition coefficient (Wildman–Crippen LogP) is 13.3. The Morgan fingerprint density at radius 2 is 1.15 bits per heavy atom. The topological polar surface area (TPSA) is 38.0 Å². The highest BCUT2D eigenvalue weighted by Gasteiger charge is 2.37. The number of fused-ring (bicyclic) bond motifs is 9. The summed E-state index contributed by atoms with van der Waals surface area (Å²) in [6, 6.07) is 63.9. The summed E-state index contributed by atoms with van der Waals surface area (Å²) >= 11 is 0. The van der Waals surface area contributed by atoms with Crippen LogP contribution < -0.4 is 11.1 Å². The third-order valence-electron chi connectivity index (χ3n) is 11.9. The second kappa shape index (κ2) is 13.2. The van der Waals surface area contributed by atoms with Gasteiger partial charge in [-0.15, -0.1) is 0 Å². The van der Waals surface area contributed by atoms with Crippen LogP contribution in [0.25, 0.3) is 71.4 Å². The van der Waals surface area contributed by atoms with Gasteiger partial charge in [-0.3, -0.25) is 5.32 Å². The third-order valence-corrected chi connectivity index (χ3v) is 11.9. The molecule has 9 aromatic carbocycles. The standard InChI is InChI=1S/C53H42N2/c1-53(2)48-18-10-17-44(51(48)47-32-38-14-6-7-15-39(38)33-49(47)53)36-22-19-34(20-23-36)21-30-50(55-52(54)37-12-4-3-5-13-37)41-26-27-43-40(31-41)25-29-45-42-16-9-8-11-35(42)24-28-46(43)45/h3-33,50,52,55H,54H2,1-2H3/b30-21+. The Hall–Kier alpha value is -6.32. The summed E-state index contributed by atoms with van der Waals surface area (Å²) in [7, 11) is 0. The summed E-state index contributed by atoms with van der Waals surface area (Å²) < 4.78 is 0. The molecule has 2 atom stereocenters. The second-order valence-corrected chi connectivity index (χ2v) is 15.5. The van der Waals surface area contributed by atoms with Crippen molar-refractivity contribution in [3.63, 3.8) is 0 Å². The Kier molecular flexibility index (Phi) is 7.99. The van der Waals surface area contributed by atoms with Crippen LogP contribution in [0.1, 0.15) is 53.9 Å². The molecule has 0 spiro atoms. The summed E-state index contributed by atoms with van der Waals surface area (Å²) in [5, 5.41) is 13.9. The molecule has 0 saturated heterocycles. The van der Waals surface area contributed by atoms with Crippen molar-refractivity contribution in [3.05, 3.63) is 210 Å². The van der Waals surface area contributed by atoms with Gasteiger partial charge in [0.2, 0.25) is 0 Å². The van der Waals surface area contributed by atoms with Gasteiger partial charge in [-0.1, -0.05) is 184 Å². The summed E-state index contributed by atoms with van der Waals surface area (Å²) in [4.78, 5) is 0.